The average molecular weight is 181 g/mol. The van der Waals surface area contributed by atoms with E-state index in [4.69, 9.17) is 10.8 Å². The van der Waals surface area contributed by atoms with E-state index in [0.717, 1.165) is 0 Å². The van der Waals surface area contributed by atoms with E-state index in [0.29, 0.717) is 12.8 Å². The monoisotopic (exact) mass is 181 g/mol. The first-order chi connectivity index (χ1) is 6.10. The SMILES string of the molecule is CCC(C(=O)O)C1(N)C=CC=CC1. The summed E-state index contributed by atoms with van der Waals surface area (Å²) in [5.41, 5.74) is 5.30. The van der Waals surface area contributed by atoms with Crippen LogP contribution >= 0.6 is 0 Å². The summed E-state index contributed by atoms with van der Waals surface area (Å²) < 4.78 is 0. The Hall–Kier alpha value is -1.09. The summed E-state index contributed by atoms with van der Waals surface area (Å²) in [7, 11) is 0. The number of aliphatic carboxylic acids is 1. The number of hydrogen-bond acceptors (Lipinski definition) is 2. The minimum Gasteiger partial charge on any atom is -0.481 e. The number of allylic oxidation sites excluding steroid dienone is 2. The van der Waals surface area contributed by atoms with Crippen molar-refractivity contribution in [1.82, 2.24) is 0 Å². The molecule has 3 N–H and O–H groups in total. The molecule has 0 aromatic rings. The summed E-state index contributed by atoms with van der Waals surface area (Å²) in [5, 5.41) is 8.95. The van der Waals surface area contributed by atoms with Gasteiger partial charge in [0.1, 0.15) is 0 Å². The summed E-state index contributed by atoms with van der Waals surface area (Å²) in [5.74, 6) is -1.31. The highest BCUT2D eigenvalue weighted by molar-refractivity contribution is 5.72. The van der Waals surface area contributed by atoms with Crippen molar-refractivity contribution in [2.75, 3.05) is 0 Å². The molecule has 0 fully saturated rings. The first kappa shape index (κ1) is 9.99. The van der Waals surface area contributed by atoms with Gasteiger partial charge in [0.25, 0.3) is 0 Å². The number of hydrogen-bond donors (Lipinski definition) is 2. The highest BCUT2D eigenvalue weighted by Crippen LogP contribution is 2.26. The Bertz CT molecular complexity index is 258. The summed E-state index contributed by atoms with van der Waals surface area (Å²) in [6, 6.07) is 0. The summed E-state index contributed by atoms with van der Waals surface area (Å²) >= 11 is 0. The van der Waals surface area contributed by atoms with Crippen LogP contribution in [0.2, 0.25) is 0 Å². The molecule has 0 bridgehead atoms. The Balaban J connectivity index is 2.83. The molecule has 0 aromatic heterocycles. The van der Waals surface area contributed by atoms with Gasteiger partial charge in [0, 0.05) is 0 Å². The predicted octanol–water partition coefficient (Wildman–Crippen LogP) is 1.31. The van der Waals surface area contributed by atoms with Gasteiger partial charge >= 0.3 is 5.97 Å². The summed E-state index contributed by atoms with van der Waals surface area (Å²) in [4.78, 5) is 10.9. The lowest BCUT2D eigenvalue weighted by molar-refractivity contribution is -0.143. The molecule has 0 spiro atoms. The predicted molar refractivity (Wildman–Crippen MR) is 51.2 cm³/mol. The number of carboxylic acid groups (broad SMARTS) is 1. The average Bonchev–Trinajstić information content (AvgIpc) is 2.05. The molecule has 0 saturated carbocycles. The van der Waals surface area contributed by atoms with E-state index in [1.54, 1.807) is 6.08 Å². The van der Waals surface area contributed by atoms with Crippen molar-refractivity contribution in [3.8, 4) is 0 Å². The fourth-order valence-electron chi connectivity index (χ4n) is 1.70. The highest BCUT2D eigenvalue weighted by Gasteiger charge is 2.36. The molecule has 72 valence electrons. The molecule has 0 amide bonds. The molecule has 1 aliphatic rings. The van der Waals surface area contributed by atoms with E-state index in [1.807, 2.05) is 25.2 Å². The minimum atomic E-state index is -0.815. The van der Waals surface area contributed by atoms with Crippen molar-refractivity contribution in [3.63, 3.8) is 0 Å². The van der Waals surface area contributed by atoms with Gasteiger partial charge in [-0.15, -0.1) is 0 Å². The molecule has 1 rings (SSSR count). The molecule has 0 heterocycles. The molecule has 13 heavy (non-hydrogen) atoms. The van der Waals surface area contributed by atoms with Gasteiger partial charge in [-0.25, -0.2) is 0 Å². The third-order valence-electron chi connectivity index (χ3n) is 2.48. The lowest BCUT2D eigenvalue weighted by Gasteiger charge is -2.32. The van der Waals surface area contributed by atoms with E-state index in [9.17, 15) is 4.79 Å². The van der Waals surface area contributed by atoms with Gasteiger partial charge in [0.2, 0.25) is 0 Å². The van der Waals surface area contributed by atoms with Crippen LogP contribution in [-0.2, 0) is 4.79 Å². The first-order valence-corrected chi connectivity index (χ1v) is 4.46. The normalized spacial score (nSPS) is 28.8. The molecule has 0 radical (unpaired) electrons. The Morgan fingerprint density at radius 1 is 1.69 bits per heavy atom. The number of rotatable bonds is 3. The van der Waals surface area contributed by atoms with Gasteiger partial charge in [0.05, 0.1) is 11.5 Å². The Morgan fingerprint density at radius 3 is 2.77 bits per heavy atom. The number of carbonyl (C=O) groups is 1. The maximum atomic E-state index is 10.9. The second kappa shape index (κ2) is 3.75. The lowest BCUT2D eigenvalue weighted by Crippen LogP contribution is -2.48. The third-order valence-corrected chi connectivity index (χ3v) is 2.48. The lowest BCUT2D eigenvalue weighted by atomic mass is 9.78. The van der Waals surface area contributed by atoms with Crippen molar-refractivity contribution in [1.29, 1.82) is 0 Å². The molecule has 2 atom stereocenters. The minimum absolute atomic E-state index is 0.492. The van der Waals surface area contributed by atoms with Crippen LogP contribution in [0.25, 0.3) is 0 Å². The second-order valence-electron chi connectivity index (χ2n) is 3.40. The zero-order valence-corrected chi connectivity index (χ0v) is 7.73. The van der Waals surface area contributed by atoms with Crippen molar-refractivity contribution in [3.05, 3.63) is 24.3 Å². The van der Waals surface area contributed by atoms with Crippen LogP contribution in [0.5, 0.6) is 0 Å². The van der Waals surface area contributed by atoms with Crippen molar-refractivity contribution in [2.24, 2.45) is 11.7 Å². The molecule has 0 aromatic carbocycles. The van der Waals surface area contributed by atoms with Crippen molar-refractivity contribution >= 4 is 5.97 Å². The number of nitrogens with two attached hydrogens (primary N) is 1. The standard InChI is InChI=1S/C10H15NO2/c1-2-8(9(12)13)10(11)6-4-3-5-7-10/h3-6,8H,2,7,11H2,1H3,(H,12,13). The maximum absolute atomic E-state index is 10.9. The quantitative estimate of drug-likeness (QED) is 0.690. The van der Waals surface area contributed by atoms with Crippen LogP contribution in [0, 0.1) is 5.92 Å². The van der Waals surface area contributed by atoms with E-state index in [1.165, 1.54) is 0 Å². The van der Waals surface area contributed by atoms with Crippen LogP contribution in [0.4, 0.5) is 0 Å². The van der Waals surface area contributed by atoms with Gasteiger partial charge in [-0.3, -0.25) is 4.79 Å². The number of carboxylic acids is 1. The maximum Gasteiger partial charge on any atom is 0.308 e. The molecule has 3 nitrogen and oxygen atoms in total. The van der Waals surface area contributed by atoms with Crippen LogP contribution in [0.15, 0.2) is 24.3 Å². The molecule has 2 unspecified atom stereocenters. The first-order valence-electron chi connectivity index (χ1n) is 4.46. The smallest absolute Gasteiger partial charge is 0.308 e. The topological polar surface area (TPSA) is 63.3 Å². The van der Waals surface area contributed by atoms with Gasteiger partial charge in [-0.05, 0) is 12.8 Å². The molecule has 0 saturated heterocycles. The van der Waals surface area contributed by atoms with E-state index >= 15 is 0 Å². The van der Waals surface area contributed by atoms with Crippen LogP contribution in [-0.4, -0.2) is 16.6 Å². The van der Waals surface area contributed by atoms with Crippen molar-refractivity contribution in [2.45, 2.75) is 25.3 Å². The third kappa shape index (κ3) is 1.98. The largest absolute Gasteiger partial charge is 0.481 e. The Labute approximate surface area is 77.9 Å². The molecule has 0 aliphatic heterocycles. The van der Waals surface area contributed by atoms with E-state index < -0.39 is 17.4 Å². The van der Waals surface area contributed by atoms with E-state index in [-0.39, 0.29) is 0 Å². The zero-order chi connectivity index (χ0) is 9.90. The van der Waals surface area contributed by atoms with Gasteiger partial charge in [0.15, 0.2) is 0 Å². The molecule has 3 heteroatoms. The summed E-state index contributed by atoms with van der Waals surface area (Å²) in [6.07, 6.45) is 8.56. The highest BCUT2D eigenvalue weighted by atomic mass is 16.4. The Kier molecular flexibility index (Phi) is 2.88. The fourth-order valence-corrected chi connectivity index (χ4v) is 1.70. The summed E-state index contributed by atoms with van der Waals surface area (Å²) in [6.45, 7) is 1.85. The molecular formula is C10H15NO2. The molecular weight excluding hydrogens is 166 g/mol. The van der Waals surface area contributed by atoms with Crippen LogP contribution in [0.1, 0.15) is 19.8 Å². The Morgan fingerprint density at radius 2 is 2.38 bits per heavy atom. The van der Waals surface area contributed by atoms with Crippen LogP contribution in [0.3, 0.4) is 0 Å². The van der Waals surface area contributed by atoms with E-state index in [2.05, 4.69) is 0 Å². The zero-order valence-electron chi connectivity index (χ0n) is 7.73. The fraction of sp³-hybridized carbons (Fsp3) is 0.500. The van der Waals surface area contributed by atoms with Crippen molar-refractivity contribution < 1.29 is 9.90 Å². The van der Waals surface area contributed by atoms with Gasteiger partial charge in [-0.1, -0.05) is 31.2 Å². The second-order valence-corrected chi connectivity index (χ2v) is 3.40. The van der Waals surface area contributed by atoms with Gasteiger partial charge in [-0.2, -0.15) is 0 Å². The van der Waals surface area contributed by atoms with Gasteiger partial charge < -0.3 is 10.8 Å². The molecule has 1 aliphatic carbocycles. The van der Waals surface area contributed by atoms with Crippen LogP contribution < -0.4 is 5.73 Å².